The second-order valence-electron chi connectivity index (χ2n) is 6.66. The highest BCUT2D eigenvalue weighted by molar-refractivity contribution is 7.13. The van der Waals surface area contributed by atoms with Crippen molar-refractivity contribution in [3.05, 3.63) is 30.0 Å². The molecule has 7 heteroatoms. The molecule has 2 heterocycles. The molecule has 2 fully saturated rings. The van der Waals surface area contributed by atoms with Crippen molar-refractivity contribution in [3.63, 3.8) is 0 Å². The van der Waals surface area contributed by atoms with E-state index >= 15 is 0 Å². The molecule has 130 valence electrons. The number of aromatic nitrogens is 1. The number of benzene rings is 1. The molecule has 6 nitrogen and oxygen atoms in total. The SMILES string of the molecule is O=C(NC1CCC(N2C(=O)CCC2=O)CC1)c1nsc2ccccc12. The zero-order valence-corrected chi connectivity index (χ0v) is 14.6. The van der Waals surface area contributed by atoms with Crippen LogP contribution >= 0.6 is 11.5 Å². The fourth-order valence-electron chi connectivity index (χ4n) is 3.78. The number of fused-ring (bicyclic) bond motifs is 1. The Balaban J connectivity index is 1.38. The lowest BCUT2D eigenvalue weighted by atomic mass is 9.90. The summed E-state index contributed by atoms with van der Waals surface area (Å²) in [6.07, 6.45) is 3.73. The van der Waals surface area contributed by atoms with Gasteiger partial charge in [0.15, 0.2) is 0 Å². The van der Waals surface area contributed by atoms with Crippen molar-refractivity contribution in [2.45, 2.75) is 50.6 Å². The molecule has 3 amide bonds. The minimum Gasteiger partial charge on any atom is -0.348 e. The average Bonchev–Trinajstić information content (AvgIpc) is 3.19. The molecule has 1 aromatic heterocycles. The molecule has 1 aliphatic carbocycles. The fourth-order valence-corrected chi connectivity index (χ4v) is 4.56. The van der Waals surface area contributed by atoms with E-state index < -0.39 is 0 Å². The van der Waals surface area contributed by atoms with Crippen LogP contribution in [0.1, 0.15) is 49.0 Å². The van der Waals surface area contributed by atoms with Crippen molar-refractivity contribution < 1.29 is 14.4 Å². The van der Waals surface area contributed by atoms with Crippen molar-refractivity contribution in [1.29, 1.82) is 0 Å². The number of likely N-dealkylation sites (tertiary alicyclic amines) is 1. The van der Waals surface area contributed by atoms with Gasteiger partial charge in [0.25, 0.3) is 5.91 Å². The Bertz CT molecular complexity index is 823. The molecule has 25 heavy (non-hydrogen) atoms. The maximum atomic E-state index is 12.5. The highest BCUT2D eigenvalue weighted by Crippen LogP contribution is 2.28. The van der Waals surface area contributed by atoms with E-state index in [0.717, 1.165) is 35.8 Å². The Hall–Kier alpha value is -2.28. The topological polar surface area (TPSA) is 79.4 Å². The number of amides is 3. The van der Waals surface area contributed by atoms with Gasteiger partial charge in [0.1, 0.15) is 5.69 Å². The van der Waals surface area contributed by atoms with Crippen molar-refractivity contribution in [3.8, 4) is 0 Å². The van der Waals surface area contributed by atoms with Gasteiger partial charge in [-0.1, -0.05) is 18.2 Å². The molecule has 1 N–H and O–H groups in total. The van der Waals surface area contributed by atoms with Crippen LogP contribution in [0.4, 0.5) is 0 Å². The van der Waals surface area contributed by atoms with Gasteiger partial charge in [-0.3, -0.25) is 19.3 Å². The number of hydrogen-bond donors (Lipinski definition) is 1. The number of hydrogen-bond acceptors (Lipinski definition) is 5. The Kier molecular flexibility index (Phi) is 4.25. The third kappa shape index (κ3) is 3.04. The first-order valence-electron chi connectivity index (χ1n) is 8.63. The van der Waals surface area contributed by atoms with Crippen LogP contribution in [0.5, 0.6) is 0 Å². The quantitative estimate of drug-likeness (QED) is 0.856. The Morgan fingerprint density at radius 2 is 1.76 bits per heavy atom. The van der Waals surface area contributed by atoms with Gasteiger partial charge in [-0.2, -0.15) is 4.37 Å². The second kappa shape index (κ2) is 6.55. The molecule has 2 aliphatic rings. The fraction of sp³-hybridized carbons (Fsp3) is 0.444. The van der Waals surface area contributed by atoms with Crippen LogP contribution in [-0.4, -0.2) is 39.1 Å². The summed E-state index contributed by atoms with van der Waals surface area (Å²) in [6, 6.07) is 7.77. The van der Waals surface area contributed by atoms with E-state index in [1.807, 2.05) is 24.3 Å². The number of rotatable bonds is 3. The zero-order chi connectivity index (χ0) is 17.4. The van der Waals surface area contributed by atoms with Crippen molar-refractivity contribution in [2.24, 2.45) is 0 Å². The molecule has 4 rings (SSSR count). The van der Waals surface area contributed by atoms with E-state index in [1.54, 1.807) is 0 Å². The molecule has 0 bridgehead atoms. The normalized spacial score (nSPS) is 24.1. The lowest BCUT2D eigenvalue weighted by Gasteiger charge is -2.33. The molecular formula is C18H19N3O3S. The van der Waals surface area contributed by atoms with Gasteiger partial charge in [0.05, 0.1) is 4.70 Å². The largest absolute Gasteiger partial charge is 0.348 e. The van der Waals surface area contributed by atoms with Crippen LogP contribution in [0.2, 0.25) is 0 Å². The number of carbonyl (C=O) groups excluding carboxylic acids is 3. The molecule has 2 aromatic rings. The van der Waals surface area contributed by atoms with E-state index in [9.17, 15) is 14.4 Å². The maximum Gasteiger partial charge on any atom is 0.271 e. The number of carbonyl (C=O) groups is 3. The van der Waals surface area contributed by atoms with E-state index in [0.29, 0.717) is 18.5 Å². The van der Waals surface area contributed by atoms with E-state index in [1.165, 1.54) is 16.4 Å². The van der Waals surface area contributed by atoms with Crippen molar-refractivity contribution >= 4 is 39.3 Å². The van der Waals surface area contributed by atoms with E-state index in [-0.39, 0.29) is 29.8 Å². The van der Waals surface area contributed by atoms with Crippen LogP contribution in [0.15, 0.2) is 24.3 Å². The summed E-state index contributed by atoms with van der Waals surface area (Å²) >= 11 is 1.33. The third-order valence-corrected chi connectivity index (χ3v) is 5.91. The summed E-state index contributed by atoms with van der Waals surface area (Å²) < 4.78 is 5.29. The first-order valence-corrected chi connectivity index (χ1v) is 9.41. The standard InChI is InChI=1S/C18H19N3O3S/c22-15-9-10-16(23)21(15)12-7-5-11(6-8-12)19-18(24)17-13-3-1-2-4-14(13)25-20-17/h1-4,11-12H,5-10H2,(H,19,24). The molecule has 1 aliphatic heterocycles. The summed E-state index contributed by atoms with van der Waals surface area (Å²) in [7, 11) is 0. The van der Waals surface area contributed by atoms with Crippen molar-refractivity contribution in [2.75, 3.05) is 0 Å². The van der Waals surface area contributed by atoms with Crippen molar-refractivity contribution in [1.82, 2.24) is 14.6 Å². The lowest BCUT2D eigenvalue weighted by molar-refractivity contribution is -0.141. The second-order valence-corrected chi connectivity index (χ2v) is 7.47. The van der Waals surface area contributed by atoms with Crippen LogP contribution in [0.25, 0.3) is 10.1 Å². The molecule has 0 atom stereocenters. The lowest BCUT2D eigenvalue weighted by Crippen LogP contribution is -2.45. The van der Waals surface area contributed by atoms with Crippen LogP contribution < -0.4 is 5.32 Å². The van der Waals surface area contributed by atoms with Gasteiger partial charge in [-0.15, -0.1) is 0 Å². The first kappa shape index (κ1) is 16.2. The molecule has 0 spiro atoms. The number of nitrogens with zero attached hydrogens (tertiary/aromatic N) is 2. The van der Waals surface area contributed by atoms with Crippen LogP contribution in [0.3, 0.4) is 0 Å². The van der Waals surface area contributed by atoms with Crippen LogP contribution in [-0.2, 0) is 9.59 Å². The molecule has 1 saturated carbocycles. The Morgan fingerprint density at radius 1 is 1.08 bits per heavy atom. The maximum absolute atomic E-state index is 12.5. The molecular weight excluding hydrogens is 338 g/mol. The summed E-state index contributed by atoms with van der Waals surface area (Å²) in [5, 5.41) is 3.95. The summed E-state index contributed by atoms with van der Waals surface area (Å²) in [4.78, 5) is 37.7. The summed E-state index contributed by atoms with van der Waals surface area (Å²) in [6.45, 7) is 0. The van der Waals surface area contributed by atoms with Gasteiger partial charge in [0, 0.05) is 30.3 Å². The minimum atomic E-state index is -0.144. The molecule has 0 radical (unpaired) electrons. The van der Waals surface area contributed by atoms with Gasteiger partial charge >= 0.3 is 0 Å². The predicted molar refractivity (Wildman–Crippen MR) is 94.2 cm³/mol. The highest BCUT2D eigenvalue weighted by atomic mass is 32.1. The summed E-state index contributed by atoms with van der Waals surface area (Å²) in [5.41, 5.74) is 0.479. The third-order valence-electron chi connectivity index (χ3n) is 5.08. The molecule has 0 unspecified atom stereocenters. The average molecular weight is 357 g/mol. The van der Waals surface area contributed by atoms with Crippen LogP contribution in [0, 0.1) is 0 Å². The minimum absolute atomic E-state index is 0.00393. The first-order chi connectivity index (χ1) is 12.1. The molecule has 1 aromatic carbocycles. The predicted octanol–water partition coefficient (Wildman–Crippen LogP) is 2.49. The highest BCUT2D eigenvalue weighted by Gasteiger charge is 2.37. The zero-order valence-electron chi connectivity index (χ0n) is 13.7. The number of imide groups is 1. The Morgan fingerprint density at radius 3 is 2.48 bits per heavy atom. The van der Waals surface area contributed by atoms with E-state index in [2.05, 4.69) is 9.69 Å². The number of nitrogens with one attached hydrogen (secondary N) is 1. The summed E-state index contributed by atoms with van der Waals surface area (Å²) in [5.74, 6) is -0.243. The monoisotopic (exact) mass is 357 g/mol. The smallest absolute Gasteiger partial charge is 0.271 e. The van der Waals surface area contributed by atoms with Gasteiger partial charge < -0.3 is 5.32 Å². The van der Waals surface area contributed by atoms with E-state index in [4.69, 9.17) is 0 Å². The Labute approximate surface area is 149 Å². The van der Waals surface area contributed by atoms with Gasteiger partial charge in [-0.05, 0) is 43.3 Å². The molecule has 1 saturated heterocycles. The van der Waals surface area contributed by atoms with Gasteiger partial charge in [0.2, 0.25) is 11.8 Å². The van der Waals surface area contributed by atoms with Gasteiger partial charge in [-0.25, -0.2) is 0 Å².